The summed E-state index contributed by atoms with van der Waals surface area (Å²) in [5.74, 6) is 0. The second-order valence-electron chi connectivity index (χ2n) is 6.32. The number of hydrogen-bond acceptors (Lipinski definition) is 3. The maximum Gasteiger partial charge on any atom is 0.240 e. The molecule has 1 atom stereocenters. The maximum absolute atomic E-state index is 12.4. The SMILES string of the molecule is C[C@@H]1Cc2cc(S(=O)(=O)NCCC3=CCCCC3)ccc2N1. The van der Waals surface area contributed by atoms with Gasteiger partial charge < -0.3 is 5.32 Å². The molecular weight excluding hydrogens is 296 g/mol. The van der Waals surface area contributed by atoms with Gasteiger partial charge >= 0.3 is 0 Å². The summed E-state index contributed by atoms with van der Waals surface area (Å²) in [6.07, 6.45) is 8.71. The Labute approximate surface area is 133 Å². The van der Waals surface area contributed by atoms with Crippen molar-refractivity contribution in [2.75, 3.05) is 11.9 Å². The van der Waals surface area contributed by atoms with Gasteiger partial charge in [0.1, 0.15) is 0 Å². The van der Waals surface area contributed by atoms with Crippen molar-refractivity contribution in [3.05, 3.63) is 35.4 Å². The first-order chi connectivity index (χ1) is 10.5. The lowest BCUT2D eigenvalue weighted by Crippen LogP contribution is -2.25. The smallest absolute Gasteiger partial charge is 0.240 e. The fraction of sp³-hybridized carbons (Fsp3) is 0.529. The van der Waals surface area contributed by atoms with E-state index in [0.29, 0.717) is 17.5 Å². The molecule has 1 heterocycles. The molecule has 120 valence electrons. The molecule has 5 heteroatoms. The molecule has 0 radical (unpaired) electrons. The summed E-state index contributed by atoms with van der Waals surface area (Å²) in [6, 6.07) is 5.73. The maximum atomic E-state index is 12.4. The predicted octanol–water partition coefficient (Wildman–Crippen LogP) is 3.21. The summed E-state index contributed by atoms with van der Waals surface area (Å²) in [5, 5.41) is 3.34. The highest BCUT2D eigenvalue weighted by Gasteiger charge is 2.21. The zero-order chi connectivity index (χ0) is 15.6. The Morgan fingerprint density at radius 1 is 1.32 bits per heavy atom. The van der Waals surface area contributed by atoms with Crippen LogP contribution in [0.3, 0.4) is 0 Å². The molecular formula is C17H24N2O2S. The van der Waals surface area contributed by atoms with E-state index < -0.39 is 10.0 Å². The molecule has 0 amide bonds. The Morgan fingerprint density at radius 3 is 2.95 bits per heavy atom. The average Bonchev–Trinajstić information content (AvgIpc) is 2.87. The van der Waals surface area contributed by atoms with E-state index in [4.69, 9.17) is 0 Å². The molecule has 1 aromatic carbocycles. The molecule has 0 aromatic heterocycles. The lowest BCUT2D eigenvalue weighted by molar-refractivity contribution is 0.579. The Morgan fingerprint density at radius 2 is 2.18 bits per heavy atom. The van der Waals surface area contributed by atoms with Gasteiger partial charge in [-0.1, -0.05) is 11.6 Å². The Balaban J connectivity index is 1.63. The summed E-state index contributed by atoms with van der Waals surface area (Å²) >= 11 is 0. The van der Waals surface area contributed by atoms with Crippen LogP contribution in [0, 0.1) is 0 Å². The first kappa shape index (κ1) is 15.6. The minimum atomic E-state index is -3.41. The number of allylic oxidation sites excluding steroid dienone is 1. The van der Waals surface area contributed by atoms with Crippen molar-refractivity contribution < 1.29 is 8.42 Å². The zero-order valence-corrected chi connectivity index (χ0v) is 13.9. The van der Waals surface area contributed by atoms with Crippen LogP contribution in [0.25, 0.3) is 0 Å². The monoisotopic (exact) mass is 320 g/mol. The summed E-state index contributed by atoms with van der Waals surface area (Å²) in [5.41, 5.74) is 3.53. The molecule has 1 aromatic rings. The predicted molar refractivity (Wildman–Crippen MR) is 89.6 cm³/mol. The van der Waals surface area contributed by atoms with Crippen LogP contribution in [-0.2, 0) is 16.4 Å². The van der Waals surface area contributed by atoms with Gasteiger partial charge in [-0.15, -0.1) is 0 Å². The molecule has 0 spiro atoms. The van der Waals surface area contributed by atoms with E-state index in [1.165, 1.54) is 18.4 Å². The lowest BCUT2D eigenvalue weighted by Gasteiger charge is -2.13. The van der Waals surface area contributed by atoms with E-state index in [2.05, 4.69) is 23.0 Å². The van der Waals surface area contributed by atoms with Crippen LogP contribution < -0.4 is 10.0 Å². The molecule has 22 heavy (non-hydrogen) atoms. The third kappa shape index (κ3) is 3.52. The van der Waals surface area contributed by atoms with E-state index >= 15 is 0 Å². The number of nitrogens with one attached hydrogen (secondary N) is 2. The minimum Gasteiger partial charge on any atom is -0.382 e. The van der Waals surface area contributed by atoms with Crippen molar-refractivity contribution >= 4 is 15.7 Å². The first-order valence-corrected chi connectivity index (χ1v) is 9.60. The number of fused-ring (bicyclic) bond motifs is 1. The third-order valence-electron chi connectivity index (χ3n) is 4.44. The Bertz CT molecular complexity index is 680. The van der Waals surface area contributed by atoms with E-state index in [9.17, 15) is 8.42 Å². The van der Waals surface area contributed by atoms with Crippen molar-refractivity contribution in [3.8, 4) is 0 Å². The van der Waals surface area contributed by atoms with Crippen LogP contribution in [0.1, 0.15) is 44.6 Å². The molecule has 3 rings (SSSR count). The van der Waals surface area contributed by atoms with Crippen molar-refractivity contribution in [3.63, 3.8) is 0 Å². The van der Waals surface area contributed by atoms with Gasteiger partial charge in [0.05, 0.1) is 4.90 Å². The first-order valence-electron chi connectivity index (χ1n) is 8.12. The molecule has 1 aliphatic carbocycles. The highest BCUT2D eigenvalue weighted by Crippen LogP contribution is 2.28. The van der Waals surface area contributed by atoms with Gasteiger partial charge in [-0.25, -0.2) is 13.1 Å². The van der Waals surface area contributed by atoms with Gasteiger partial charge in [0.15, 0.2) is 0 Å². The zero-order valence-electron chi connectivity index (χ0n) is 13.1. The fourth-order valence-electron chi connectivity index (χ4n) is 3.25. The van der Waals surface area contributed by atoms with E-state index in [1.54, 1.807) is 12.1 Å². The fourth-order valence-corrected chi connectivity index (χ4v) is 4.34. The highest BCUT2D eigenvalue weighted by atomic mass is 32.2. The summed E-state index contributed by atoms with van der Waals surface area (Å²) in [7, 11) is -3.41. The highest BCUT2D eigenvalue weighted by molar-refractivity contribution is 7.89. The van der Waals surface area contributed by atoms with Crippen LogP contribution >= 0.6 is 0 Å². The van der Waals surface area contributed by atoms with Gasteiger partial charge in [0.2, 0.25) is 10.0 Å². The molecule has 0 bridgehead atoms. The van der Waals surface area contributed by atoms with Gasteiger partial charge in [0.25, 0.3) is 0 Å². The number of hydrogen-bond donors (Lipinski definition) is 2. The van der Waals surface area contributed by atoms with Crippen molar-refractivity contribution in [1.29, 1.82) is 0 Å². The summed E-state index contributed by atoms with van der Waals surface area (Å²) in [6.45, 7) is 2.59. The lowest BCUT2D eigenvalue weighted by atomic mass is 9.97. The molecule has 0 saturated heterocycles. The van der Waals surface area contributed by atoms with Crippen molar-refractivity contribution in [2.45, 2.75) is 56.4 Å². The third-order valence-corrected chi connectivity index (χ3v) is 5.90. The molecule has 4 nitrogen and oxygen atoms in total. The van der Waals surface area contributed by atoms with Crippen molar-refractivity contribution in [2.24, 2.45) is 0 Å². The van der Waals surface area contributed by atoms with Crippen LogP contribution in [0.2, 0.25) is 0 Å². The van der Waals surface area contributed by atoms with Gasteiger partial charge in [-0.3, -0.25) is 0 Å². The van der Waals surface area contributed by atoms with Gasteiger partial charge in [-0.2, -0.15) is 0 Å². The molecule has 0 fully saturated rings. The standard InChI is InChI=1S/C17H24N2O2S/c1-13-11-15-12-16(7-8-17(15)19-13)22(20,21)18-10-9-14-5-3-2-4-6-14/h5,7-8,12-13,18-19H,2-4,6,9-11H2,1H3/t13-/m1/s1. The normalized spacial score (nSPS) is 21.1. The summed E-state index contributed by atoms with van der Waals surface area (Å²) < 4.78 is 27.5. The average molecular weight is 320 g/mol. The number of anilines is 1. The van der Waals surface area contributed by atoms with Crippen molar-refractivity contribution in [1.82, 2.24) is 4.72 Å². The second kappa shape index (κ2) is 6.42. The molecule has 1 aliphatic heterocycles. The molecule has 2 N–H and O–H groups in total. The Kier molecular flexibility index (Phi) is 4.54. The van der Waals surface area contributed by atoms with Crippen LogP contribution in [0.4, 0.5) is 5.69 Å². The van der Waals surface area contributed by atoms with Gasteiger partial charge in [-0.05, 0) is 69.2 Å². The van der Waals surface area contributed by atoms with E-state index in [0.717, 1.165) is 36.9 Å². The van der Waals surface area contributed by atoms with E-state index in [1.807, 2.05) is 6.07 Å². The topological polar surface area (TPSA) is 58.2 Å². The number of sulfonamides is 1. The minimum absolute atomic E-state index is 0.374. The van der Waals surface area contributed by atoms with Crippen LogP contribution in [-0.4, -0.2) is 21.0 Å². The number of rotatable bonds is 5. The van der Waals surface area contributed by atoms with E-state index in [-0.39, 0.29) is 0 Å². The largest absolute Gasteiger partial charge is 0.382 e. The quantitative estimate of drug-likeness (QED) is 0.819. The Hall–Kier alpha value is -1.33. The molecule has 2 aliphatic rings. The molecule has 0 unspecified atom stereocenters. The van der Waals surface area contributed by atoms with Crippen LogP contribution in [0.15, 0.2) is 34.7 Å². The molecule has 0 saturated carbocycles. The van der Waals surface area contributed by atoms with Gasteiger partial charge in [0, 0.05) is 18.3 Å². The number of benzene rings is 1. The van der Waals surface area contributed by atoms with Crippen LogP contribution in [0.5, 0.6) is 0 Å². The second-order valence-corrected chi connectivity index (χ2v) is 8.09. The summed E-state index contributed by atoms with van der Waals surface area (Å²) in [4.78, 5) is 0.375.